The normalized spacial score (nSPS) is 13.9. The topological polar surface area (TPSA) is 42.0 Å². The summed E-state index contributed by atoms with van der Waals surface area (Å²) >= 11 is 1.68. The zero-order valence-electron chi connectivity index (χ0n) is 20.1. The molecule has 0 radical (unpaired) electrons. The van der Waals surface area contributed by atoms with Gasteiger partial charge < -0.3 is 5.32 Å². The molecule has 5 aromatic rings. The molecule has 1 amide bonds. The quantitative estimate of drug-likeness (QED) is 0.253. The van der Waals surface area contributed by atoms with E-state index in [0.717, 1.165) is 17.1 Å². The number of amides is 1. The van der Waals surface area contributed by atoms with Crippen LogP contribution in [0.25, 0.3) is 32.7 Å². The van der Waals surface area contributed by atoms with Gasteiger partial charge in [-0.25, -0.2) is 4.98 Å². The highest BCUT2D eigenvalue weighted by atomic mass is 32.1. The van der Waals surface area contributed by atoms with Crippen molar-refractivity contribution in [1.29, 1.82) is 0 Å². The number of nitrogens with one attached hydrogen (secondary N) is 1. The molecule has 0 bridgehead atoms. The van der Waals surface area contributed by atoms with Crippen molar-refractivity contribution in [3.8, 4) is 11.1 Å². The number of carbonyl (C=O) groups is 1. The number of aromatic nitrogens is 1. The van der Waals surface area contributed by atoms with Crippen molar-refractivity contribution in [2.75, 3.05) is 5.32 Å². The first-order chi connectivity index (χ1) is 16.9. The van der Waals surface area contributed by atoms with Crippen LogP contribution in [0.2, 0.25) is 0 Å². The number of nitrogens with zero attached hydrogens (tertiary/aromatic N) is 1. The summed E-state index contributed by atoms with van der Waals surface area (Å²) in [7, 11) is -0.554. The summed E-state index contributed by atoms with van der Waals surface area (Å²) in [4.78, 5) is 17.4. The minimum absolute atomic E-state index is 0.00312. The fourth-order valence-corrected chi connectivity index (χ4v) is 8.46. The predicted octanol–water partition coefficient (Wildman–Crippen LogP) is 7.92. The highest BCUT2D eigenvalue weighted by Crippen LogP contribution is 2.52. The molecule has 3 nitrogen and oxygen atoms in total. The van der Waals surface area contributed by atoms with Gasteiger partial charge in [-0.3, -0.25) is 4.79 Å². The van der Waals surface area contributed by atoms with E-state index in [4.69, 9.17) is 4.98 Å². The van der Waals surface area contributed by atoms with Gasteiger partial charge >= 0.3 is 0 Å². The van der Waals surface area contributed by atoms with Crippen LogP contribution in [0.4, 0.5) is 5.82 Å². The molecule has 6 rings (SSSR count). The molecular weight excluding hydrogens is 467 g/mol. The highest BCUT2D eigenvalue weighted by Gasteiger charge is 2.28. The molecule has 0 spiro atoms. The smallest absolute Gasteiger partial charge is 0.230 e. The van der Waals surface area contributed by atoms with E-state index >= 15 is 0 Å². The van der Waals surface area contributed by atoms with Crippen LogP contribution in [0.5, 0.6) is 0 Å². The Morgan fingerprint density at radius 1 is 0.829 bits per heavy atom. The minimum atomic E-state index is -0.554. The Bertz CT molecular complexity index is 1510. The highest BCUT2D eigenvalue weighted by molar-refractivity contribution is 7.69. The summed E-state index contributed by atoms with van der Waals surface area (Å²) in [6.45, 7) is 5.77. The molecule has 0 unspecified atom stereocenters. The van der Waals surface area contributed by atoms with Gasteiger partial charge in [-0.2, -0.15) is 0 Å². The predicted molar refractivity (Wildman–Crippen MR) is 151 cm³/mol. The van der Waals surface area contributed by atoms with Crippen molar-refractivity contribution < 1.29 is 4.79 Å². The van der Waals surface area contributed by atoms with E-state index in [1.165, 1.54) is 43.8 Å². The fourth-order valence-electron chi connectivity index (χ4n) is 4.86. The lowest BCUT2D eigenvalue weighted by Gasteiger charge is -2.16. The molecule has 4 aromatic carbocycles. The maximum absolute atomic E-state index is 12.5. The van der Waals surface area contributed by atoms with Crippen LogP contribution in [0.3, 0.4) is 0 Å². The van der Waals surface area contributed by atoms with E-state index in [2.05, 4.69) is 78.1 Å². The lowest BCUT2D eigenvalue weighted by Crippen LogP contribution is -2.27. The molecule has 1 aromatic heterocycles. The van der Waals surface area contributed by atoms with E-state index < -0.39 is 13.3 Å². The van der Waals surface area contributed by atoms with Crippen LogP contribution in [0.1, 0.15) is 31.9 Å². The van der Waals surface area contributed by atoms with E-state index in [-0.39, 0.29) is 5.91 Å². The Morgan fingerprint density at radius 2 is 1.37 bits per heavy atom. The second-order valence-corrected chi connectivity index (χ2v) is 13.5. The molecule has 1 N–H and O–H groups in total. The third-order valence-electron chi connectivity index (χ3n) is 6.69. The van der Waals surface area contributed by atoms with Crippen LogP contribution < -0.4 is 10.1 Å². The van der Waals surface area contributed by atoms with E-state index in [1.807, 2.05) is 26.2 Å². The molecule has 2 heterocycles. The largest absolute Gasteiger partial charge is 0.310 e. The summed E-state index contributed by atoms with van der Waals surface area (Å²) in [6, 6.07) is 26.6. The minimum Gasteiger partial charge on any atom is -0.310 e. The number of anilines is 1. The number of rotatable bonds is 2. The summed E-state index contributed by atoms with van der Waals surface area (Å²) < 4.78 is 1.14. The second-order valence-electron chi connectivity index (χ2n) is 10.2. The van der Waals surface area contributed by atoms with Crippen molar-refractivity contribution >= 4 is 57.3 Å². The summed E-state index contributed by atoms with van der Waals surface area (Å²) in [5.74, 6) is 0.672. The van der Waals surface area contributed by atoms with Gasteiger partial charge in [0.25, 0.3) is 0 Å². The van der Waals surface area contributed by atoms with Crippen LogP contribution in [0.15, 0.2) is 78.2 Å². The monoisotopic (exact) mass is 494 g/mol. The van der Waals surface area contributed by atoms with Gasteiger partial charge in [0.05, 0.1) is 0 Å². The maximum atomic E-state index is 12.5. The zero-order chi connectivity index (χ0) is 24.2. The van der Waals surface area contributed by atoms with Crippen LogP contribution >= 0.6 is 19.3 Å². The Morgan fingerprint density at radius 3 is 1.91 bits per heavy atom. The molecule has 0 saturated heterocycles. The Balaban J connectivity index is 1.50. The summed E-state index contributed by atoms with van der Waals surface area (Å²) in [5, 5.41) is 10.2. The zero-order valence-corrected chi connectivity index (χ0v) is 21.8. The van der Waals surface area contributed by atoms with Gasteiger partial charge in [0.15, 0.2) is 0 Å². The molecule has 0 fully saturated rings. The van der Waals surface area contributed by atoms with Gasteiger partial charge in [-0.1, -0.05) is 93.6 Å². The van der Waals surface area contributed by atoms with Crippen molar-refractivity contribution in [3.63, 3.8) is 0 Å². The van der Waals surface area contributed by atoms with Crippen LogP contribution in [-0.4, -0.2) is 10.9 Å². The molecule has 0 aliphatic carbocycles. The van der Waals surface area contributed by atoms with Gasteiger partial charge in [0.1, 0.15) is 10.6 Å². The molecule has 1 aliphatic rings. The van der Waals surface area contributed by atoms with Crippen molar-refractivity contribution in [1.82, 2.24) is 4.98 Å². The number of carbonyl (C=O) groups excluding carboxylic acids is 1. The number of hydrogen-bond donors (Lipinski definition) is 1. The first kappa shape index (κ1) is 22.4. The van der Waals surface area contributed by atoms with Gasteiger partial charge in [-0.15, -0.1) is 11.3 Å². The lowest BCUT2D eigenvalue weighted by molar-refractivity contribution is -0.123. The van der Waals surface area contributed by atoms with E-state index in [1.54, 1.807) is 11.3 Å². The van der Waals surface area contributed by atoms with Crippen LogP contribution in [0, 0.1) is 5.41 Å². The number of thiazole rings is 1. The van der Waals surface area contributed by atoms with Crippen LogP contribution in [-0.2, 0) is 17.1 Å². The first-order valence-corrected chi connectivity index (χ1v) is 14.5. The van der Waals surface area contributed by atoms with E-state index in [0.29, 0.717) is 5.82 Å². The molecule has 0 atom stereocenters. The SMILES string of the molecule is CC(C)(C)C(=O)Nc1csc(P2Cc3ccc4ccccc4c3-c3c(ccc4ccccc34)C2)n1. The van der Waals surface area contributed by atoms with Gasteiger partial charge in [0.2, 0.25) is 5.91 Å². The summed E-state index contributed by atoms with van der Waals surface area (Å²) in [6.07, 6.45) is 1.97. The fraction of sp³-hybridized carbons (Fsp3) is 0.200. The number of hydrogen-bond acceptors (Lipinski definition) is 3. The lowest BCUT2D eigenvalue weighted by atomic mass is 9.88. The van der Waals surface area contributed by atoms with Gasteiger partial charge in [0, 0.05) is 10.8 Å². The second kappa shape index (κ2) is 8.55. The summed E-state index contributed by atoms with van der Waals surface area (Å²) in [5.41, 5.74) is 5.08. The standard InChI is InChI=1S/C30H27N2OPS/c1-30(2,3)28(33)31-25-18-35-29(32-25)34-16-21-14-12-19-8-4-6-10-23(19)26(21)27-22(17-34)15-13-20-9-5-7-11-24(20)27/h4-15,18H,16-17H2,1-3H3,(H,31,33). The third-order valence-corrected chi connectivity index (χ3v) is 10.5. The average Bonchev–Trinajstić information content (AvgIpc) is 3.23. The maximum Gasteiger partial charge on any atom is 0.230 e. The molecule has 174 valence electrons. The average molecular weight is 495 g/mol. The Hall–Kier alpha value is -3.07. The van der Waals surface area contributed by atoms with E-state index in [9.17, 15) is 4.79 Å². The third kappa shape index (κ3) is 4.05. The van der Waals surface area contributed by atoms with Crippen molar-refractivity contribution in [3.05, 3.63) is 89.3 Å². The molecular formula is C30H27N2OPS. The van der Waals surface area contributed by atoms with Gasteiger partial charge in [-0.05, 0) is 64.0 Å². The Kier molecular flexibility index (Phi) is 5.47. The Labute approximate surface area is 211 Å². The molecule has 35 heavy (non-hydrogen) atoms. The van der Waals surface area contributed by atoms with Crippen molar-refractivity contribution in [2.45, 2.75) is 33.1 Å². The molecule has 5 heteroatoms. The number of benzene rings is 4. The molecule has 1 aliphatic heterocycles. The molecule has 0 saturated carbocycles. The first-order valence-electron chi connectivity index (χ1n) is 11.9. The number of fused-ring (bicyclic) bond motifs is 7. The van der Waals surface area contributed by atoms with Crippen molar-refractivity contribution in [2.24, 2.45) is 5.41 Å².